The number of thiophene rings is 1. The number of benzene rings is 1. The molecule has 1 unspecified atom stereocenters. The highest BCUT2D eigenvalue weighted by atomic mass is 35.5. The highest BCUT2D eigenvalue weighted by molar-refractivity contribution is 7.21. The van der Waals surface area contributed by atoms with Gasteiger partial charge in [-0.15, -0.1) is 23.7 Å². The molecule has 2 aromatic rings. The van der Waals surface area contributed by atoms with Crippen molar-refractivity contribution in [1.82, 2.24) is 10.2 Å². The average molecular weight is 459 g/mol. The molecule has 30 heavy (non-hydrogen) atoms. The number of carbonyl (C=O) groups is 1. The molecule has 1 aromatic carbocycles. The number of nitrogens with one attached hydrogen (secondary N) is 1. The summed E-state index contributed by atoms with van der Waals surface area (Å²) in [6.45, 7) is 6.48. The van der Waals surface area contributed by atoms with Crippen LogP contribution in [0.4, 0.5) is 13.2 Å². The Morgan fingerprint density at radius 3 is 2.43 bits per heavy atom. The summed E-state index contributed by atoms with van der Waals surface area (Å²) in [6, 6.07) is 6.87. The van der Waals surface area contributed by atoms with E-state index in [9.17, 15) is 18.0 Å². The van der Waals surface area contributed by atoms with Crippen LogP contribution in [0, 0.1) is 5.92 Å². The van der Waals surface area contributed by atoms with E-state index in [1.54, 1.807) is 24.3 Å². The molecule has 3 nitrogen and oxygen atoms in total. The van der Waals surface area contributed by atoms with E-state index in [0.717, 1.165) is 31.3 Å². The molecule has 1 amide bonds. The number of hydrogen-bond acceptors (Lipinski definition) is 3. The molecular formula is C22H26ClF3N2OS. The highest BCUT2D eigenvalue weighted by Gasteiger charge is 2.64. The highest BCUT2D eigenvalue weighted by Crippen LogP contribution is 2.60. The van der Waals surface area contributed by atoms with Gasteiger partial charge < -0.3 is 5.32 Å². The lowest BCUT2D eigenvalue weighted by Crippen LogP contribution is -2.69. The van der Waals surface area contributed by atoms with Crippen molar-refractivity contribution in [2.45, 2.75) is 62.7 Å². The number of rotatable bonds is 3. The van der Waals surface area contributed by atoms with Gasteiger partial charge in [-0.1, -0.05) is 18.2 Å². The number of halogens is 4. The molecule has 1 atom stereocenters. The second kappa shape index (κ2) is 7.10. The van der Waals surface area contributed by atoms with E-state index in [0.29, 0.717) is 21.1 Å². The third-order valence-corrected chi connectivity index (χ3v) is 8.63. The maximum absolute atomic E-state index is 13.7. The van der Waals surface area contributed by atoms with E-state index >= 15 is 0 Å². The Morgan fingerprint density at radius 2 is 1.87 bits per heavy atom. The van der Waals surface area contributed by atoms with Gasteiger partial charge >= 0.3 is 6.18 Å². The smallest absolute Gasteiger partial charge is 0.346 e. The lowest BCUT2D eigenvalue weighted by molar-refractivity contribution is -0.160. The van der Waals surface area contributed by atoms with Crippen LogP contribution in [-0.2, 0) is 5.41 Å². The van der Waals surface area contributed by atoms with E-state index in [4.69, 9.17) is 0 Å². The van der Waals surface area contributed by atoms with E-state index in [2.05, 4.69) is 24.1 Å². The van der Waals surface area contributed by atoms with Gasteiger partial charge in [-0.05, 0) is 75.6 Å². The van der Waals surface area contributed by atoms with Crippen molar-refractivity contribution in [3.8, 4) is 0 Å². The van der Waals surface area contributed by atoms with Gasteiger partial charge in [0.1, 0.15) is 0 Å². The Labute approximate surface area is 184 Å². The van der Waals surface area contributed by atoms with Crippen LogP contribution in [0.3, 0.4) is 0 Å². The lowest BCUT2D eigenvalue weighted by Gasteiger charge is -2.56. The molecular weight excluding hydrogens is 433 g/mol. The van der Waals surface area contributed by atoms with E-state index in [1.165, 1.54) is 11.3 Å². The van der Waals surface area contributed by atoms with Crippen molar-refractivity contribution >= 4 is 39.7 Å². The van der Waals surface area contributed by atoms with Crippen LogP contribution in [-0.4, -0.2) is 41.7 Å². The Kier molecular flexibility index (Phi) is 5.19. The van der Waals surface area contributed by atoms with Crippen molar-refractivity contribution in [2.24, 2.45) is 5.92 Å². The van der Waals surface area contributed by atoms with E-state index < -0.39 is 11.6 Å². The topological polar surface area (TPSA) is 32.3 Å². The third kappa shape index (κ3) is 3.16. The zero-order valence-electron chi connectivity index (χ0n) is 17.0. The fourth-order valence-electron chi connectivity index (χ4n) is 5.47. The van der Waals surface area contributed by atoms with Gasteiger partial charge in [-0.3, -0.25) is 9.69 Å². The first kappa shape index (κ1) is 21.9. The standard InChI is InChI=1S/C22H25F3N2OS.ClH/c1-20(2)18(13-6-10-27(20)11-7-13)26-19(28)16-12-14-4-3-5-15(17(14)29-16)21(8-9-21)22(23,24)25;/h3-5,12-13,18H,6-11H2,1-2H3,(H,26,28);1H. The summed E-state index contributed by atoms with van der Waals surface area (Å²) in [4.78, 5) is 16.0. The number of carbonyl (C=O) groups excluding carboxylic acids is 1. The van der Waals surface area contributed by atoms with Crippen molar-refractivity contribution in [1.29, 1.82) is 0 Å². The predicted octanol–water partition coefficient (Wildman–Crippen LogP) is 5.52. The van der Waals surface area contributed by atoms with Gasteiger partial charge in [0.25, 0.3) is 5.91 Å². The molecule has 4 fully saturated rings. The Morgan fingerprint density at radius 1 is 1.20 bits per heavy atom. The minimum absolute atomic E-state index is 0. The number of fused-ring (bicyclic) bond motifs is 4. The van der Waals surface area contributed by atoms with Crippen LogP contribution in [0.5, 0.6) is 0 Å². The second-order valence-electron chi connectivity index (χ2n) is 9.34. The third-order valence-electron chi connectivity index (χ3n) is 7.45. The number of alkyl halides is 3. The Hall–Kier alpha value is -1.31. The molecule has 1 saturated carbocycles. The zero-order chi connectivity index (χ0) is 20.6. The molecule has 4 heterocycles. The predicted molar refractivity (Wildman–Crippen MR) is 116 cm³/mol. The maximum atomic E-state index is 13.7. The van der Waals surface area contributed by atoms with Gasteiger partial charge in [0.05, 0.1) is 10.3 Å². The van der Waals surface area contributed by atoms with Crippen LogP contribution in [0.15, 0.2) is 24.3 Å². The molecule has 1 N–H and O–H groups in total. The largest absolute Gasteiger partial charge is 0.398 e. The van der Waals surface area contributed by atoms with Gasteiger partial charge in [0.2, 0.25) is 0 Å². The fraction of sp³-hybridized carbons (Fsp3) is 0.591. The van der Waals surface area contributed by atoms with Crippen molar-refractivity contribution in [3.05, 3.63) is 34.7 Å². The SMILES string of the molecule is CC1(C)C(NC(=O)c2cc3cccc(C4(C(F)(F)F)CC4)c3s2)C2CCN1CC2.Cl. The minimum Gasteiger partial charge on any atom is -0.346 e. The minimum atomic E-state index is -4.26. The van der Waals surface area contributed by atoms with Gasteiger partial charge in [0.15, 0.2) is 0 Å². The summed E-state index contributed by atoms with van der Waals surface area (Å²) in [6.07, 6.45) is -1.84. The molecule has 8 heteroatoms. The molecule has 2 bridgehead atoms. The van der Waals surface area contributed by atoms with Crippen LogP contribution in [0.1, 0.15) is 54.8 Å². The molecule has 0 spiro atoms. The number of amides is 1. The summed E-state index contributed by atoms with van der Waals surface area (Å²) in [5, 5.41) is 3.95. The lowest BCUT2D eigenvalue weighted by atomic mass is 9.72. The molecule has 3 saturated heterocycles. The zero-order valence-corrected chi connectivity index (χ0v) is 18.6. The monoisotopic (exact) mass is 458 g/mol. The molecule has 6 rings (SSSR count). The Balaban J connectivity index is 0.00000218. The molecule has 1 aliphatic carbocycles. The molecule has 0 radical (unpaired) electrons. The fourth-order valence-corrected chi connectivity index (χ4v) is 6.65. The van der Waals surface area contributed by atoms with Crippen LogP contribution in [0.25, 0.3) is 10.1 Å². The van der Waals surface area contributed by atoms with Gasteiger partial charge in [0, 0.05) is 16.3 Å². The first-order valence-corrected chi connectivity index (χ1v) is 11.1. The second-order valence-corrected chi connectivity index (χ2v) is 10.4. The van der Waals surface area contributed by atoms with Crippen LogP contribution in [0.2, 0.25) is 0 Å². The normalized spacial score (nSPS) is 28.8. The number of piperidine rings is 3. The summed E-state index contributed by atoms with van der Waals surface area (Å²) in [7, 11) is 0. The first-order valence-electron chi connectivity index (χ1n) is 10.3. The average Bonchev–Trinajstić information content (AvgIpc) is 3.37. The number of hydrogen-bond donors (Lipinski definition) is 1. The summed E-state index contributed by atoms with van der Waals surface area (Å²) < 4.78 is 41.6. The summed E-state index contributed by atoms with van der Waals surface area (Å²) in [5.41, 5.74) is -1.51. The quantitative estimate of drug-likeness (QED) is 0.656. The van der Waals surface area contributed by atoms with E-state index in [1.807, 2.05) is 0 Å². The summed E-state index contributed by atoms with van der Waals surface area (Å²) in [5.74, 6) is 0.296. The molecule has 4 aliphatic rings. The van der Waals surface area contributed by atoms with Crippen LogP contribution >= 0.6 is 23.7 Å². The van der Waals surface area contributed by atoms with Crippen molar-refractivity contribution in [2.75, 3.05) is 13.1 Å². The van der Waals surface area contributed by atoms with Crippen LogP contribution < -0.4 is 5.32 Å². The molecule has 3 aliphatic heterocycles. The van der Waals surface area contributed by atoms with Crippen molar-refractivity contribution < 1.29 is 18.0 Å². The van der Waals surface area contributed by atoms with Crippen molar-refractivity contribution in [3.63, 3.8) is 0 Å². The maximum Gasteiger partial charge on any atom is 0.398 e. The molecule has 1 aromatic heterocycles. The first-order chi connectivity index (χ1) is 13.6. The molecule has 164 valence electrons. The summed E-state index contributed by atoms with van der Waals surface area (Å²) >= 11 is 1.20. The Bertz CT molecular complexity index is 974. The van der Waals surface area contributed by atoms with E-state index in [-0.39, 0.29) is 42.7 Å². The van der Waals surface area contributed by atoms with Gasteiger partial charge in [-0.2, -0.15) is 13.2 Å². The number of nitrogens with zero attached hydrogens (tertiary/aromatic N) is 1. The van der Waals surface area contributed by atoms with Gasteiger partial charge in [-0.25, -0.2) is 0 Å².